The lowest BCUT2D eigenvalue weighted by molar-refractivity contribution is 0.147. The highest BCUT2D eigenvalue weighted by molar-refractivity contribution is 5.29. The first-order chi connectivity index (χ1) is 7.66. The molecule has 0 radical (unpaired) electrons. The summed E-state index contributed by atoms with van der Waals surface area (Å²) in [4.78, 5) is 2.51. The van der Waals surface area contributed by atoms with Crippen molar-refractivity contribution >= 4 is 0 Å². The number of phenols is 1. The largest absolute Gasteiger partial charge is 0.508 e. The van der Waals surface area contributed by atoms with Crippen LogP contribution in [0, 0.1) is 5.92 Å². The molecule has 1 aliphatic rings. The van der Waals surface area contributed by atoms with E-state index in [9.17, 15) is 5.11 Å². The van der Waals surface area contributed by atoms with E-state index in [0.717, 1.165) is 5.92 Å². The maximum absolute atomic E-state index is 9.48. The Balaban J connectivity index is 2.04. The molecule has 1 heterocycles. The summed E-state index contributed by atoms with van der Waals surface area (Å²) in [6.07, 6.45) is 2.59. The molecule has 2 nitrogen and oxygen atoms in total. The standard InChI is InChI=1S/C14H21NO/c1-11-6-8-15(9-7-11)12(2)13-4-3-5-14(16)10-13/h3-5,10-12,16H,6-9H2,1-2H3. The first-order valence-corrected chi connectivity index (χ1v) is 6.20. The van der Waals surface area contributed by atoms with Crippen LogP contribution in [0.15, 0.2) is 24.3 Å². The molecule has 0 aliphatic carbocycles. The molecule has 1 aromatic rings. The van der Waals surface area contributed by atoms with Crippen molar-refractivity contribution in [3.8, 4) is 5.75 Å². The van der Waals surface area contributed by atoms with E-state index in [1.165, 1.54) is 31.5 Å². The van der Waals surface area contributed by atoms with Crippen LogP contribution in [0.1, 0.15) is 38.3 Å². The molecule has 1 unspecified atom stereocenters. The molecular weight excluding hydrogens is 198 g/mol. The van der Waals surface area contributed by atoms with Crippen molar-refractivity contribution in [2.75, 3.05) is 13.1 Å². The van der Waals surface area contributed by atoms with E-state index in [1.807, 2.05) is 12.1 Å². The van der Waals surface area contributed by atoms with Crippen molar-refractivity contribution in [1.82, 2.24) is 4.90 Å². The van der Waals surface area contributed by atoms with Crippen molar-refractivity contribution in [3.05, 3.63) is 29.8 Å². The minimum absolute atomic E-state index is 0.370. The van der Waals surface area contributed by atoms with Gasteiger partial charge in [-0.15, -0.1) is 0 Å². The maximum Gasteiger partial charge on any atom is 0.115 e. The third-order valence-electron chi connectivity index (χ3n) is 3.72. The summed E-state index contributed by atoms with van der Waals surface area (Å²) in [5, 5.41) is 9.48. The summed E-state index contributed by atoms with van der Waals surface area (Å²) in [6.45, 7) is 6.91. The Morgan fingerprint density at radius 1 is 1.31 bits per heavy atom. The molecule has 0 spiro atoms. The zero-order chi connectivity index (χ0) is 11.5. The summed E-state index contributed by atoms with van der Waals surface area (Å²) >= 11 is 0. The van der Waals surface area contributed by atoms with Gasteiger partial charge in [-0.2, -0.15) is 0 Å². The molecular formula is C14H21NO. The Morgan fingerprint density at radius 2 is 2.00 bits per heavy atom. The van der Waals surface area contributed by atoms with E-state index in [1.54, 1.807) is 6.07 Å². The van der Waals surface area contributed by atoms with Gasteiger partial charge in [-0.05, 0) is 56.5 Å². The zero-order valence-corrected chi connectivity index (χ0v) is 10.2. The van der Waals surface area contributed by atoms with Crippen LogP contribution in [0.3, 0.4) is 0 Å². The zero-order valence-electron chi connectivity index (χ0n) is 10.2. The maximum atomic E-state index is 9.48. The number of nitrogens with zero attached hydrogens (tertiary/aromatic N) is 1. The monoisotopic (exact) mass is 219 g/mol. The third kappa shape index (κ3) is 2.56. The molecule has 1 aromatic carbocycles. The topological polar surface area (TPSA) is 23.5 Å². The van der Waals surface area contributed by atoms with E-state index in [4.69, 9.17) is 0 Å². The van der Waals surface area contributed by atoms with Gasteiger partial charge in [0.25, 0.3) is 0 Å². The normalized spacial score (nSPS) is 20.9. The number of piperidine rings is 1. The minimum Gasteiger partial charge on any atom is -0.508 e. The molecule has 1 atom stereocenters. The van der Waals surface area contributed by atoms with Gasteiger partial charge in [0, 0.05) is 6.04 Å². The van der Waals surface area contributed by atoms with Crippen LogP contribution in [-0.2, 0) is 0 Å². The van der Waals surface area contributed by atoms with Gasteiger partial charge in [-0.25, -0.2) is 0 Å². The Hall–Kier alpha value is -1.02. The van der Waals surface area contributed by atoms with Gasteiger partial charge >= 0.3 is 0 Å². The van der Waals surface area contributed by atoms with Crippen LogP contribution in [0.5, 0.6) is 5.75 Å². The smallest absolute Gasteiger partial charge is 0.115 e. The average molecular weight is 219 g/mol. The van der Waals surface area contributed by atoms with Gasteiger partial charge < -0.3 is 5.11 Å². The quantitative estimate of drug-likeness (QED) is 0.825. The number of rotatable bonds is 2. The number of hydrogen-bond acceptors (Lipinski definition) is 2. The summed E-state index contributed by atoms with van der Waals surface area (Å²) in [5.74, 6) is 1.24. The molecule has 1 fully saturated rings. The highest BCUT2D eigenvalue weighted by Gasteiger charge is 2.21. The summed E-state index contributed by atoms with van der Waals surface area (Å²) < 4.78 is 0. The second-order valence-electron chi connectivity index (χ2n) is 4.99. The lowest BCUT2D eigenvalue weighted by atomic mass is 9.96. The van der Waals surface area contributed by atoms with Crippen molar-refractivity contribution < 1.29 is 5.11 Å². The van der Waals surface area contributed by atoms with Gasteiger partial charge in [-0.3, -0.25) is 4.90 Å². The molecule has 2 heteroatoms. The van der Waals surface area contributed by atoms with Gasteiger partial charge in [0.2, 0.25) is 0 Å². The van der Waals surface area contributed by atoms with E-state index >= 15 is 0 Å². The molecule has 0 amide bonds. The Labute approximate surface area is 97.9 Å². The molecule has 1 N–H and O–H groups in total. The summed E-state index contributed by atoms with van der Waals surface area (Å²) in [6, 6.07) is 8.05. The van der Waals surface area contributed by atoms with Crippen LogP contribution in [0.2, 0.25) is 0 Å². The lowest BCUT2D eigenvalue weighted by Crippen LogP contribution is -2.34. The van der Waals surface area contributed by atoms with E-state index < -0.39 is 0 Å². The number of aromatic hydroxyl groups is 1. The van der Waals surface area contributed by atoms with Crippen LogP contribution in [0.25, 0.3) is 0 Å². The average Bonchev–Trinajstić information content (AvgIpc) is 2.29. The van der Waals surface area contributed by atoms with Crippen molar-refractivity contribution in [3.63, 3.8) is 0 Å². The second-order valence-corrected chi connectivity index (χ2v) is 4.99. The van der Waals surface area contributed by atoms with Crippen LogP contribution < -0.4 is 0 Å². The van der Waals surface area contributed by atoms with Crippen molar-refractivity contribution in [2.45, 2.75) is 32.7 Å². The van der Waals surface area contributed by atoms with Gasteiger partial charge in [0.1, 0.15) is 5.75 Å². The van der Waals surface area contributed by atoms with E-state index in [2.05, 4.69) is 24.8 Å². The molecule has 0 aromatic heterocycles. The fourth-order valence-electron chi connectivity index (χ4n) is 2.41. The second kappa shape index (κ2) is 4.88. The SMILES string of the molecule is CC1CCN(C(C)c2cccc(O)c2)CC1. The molecule has 0 bridgehead atoms. The van der Waals surface area contributed by atoms with Crippen LogP contribution in [-0.4, -0.2) is 23.1 Å². The highest BCUT2D eigenvalue weighted by atomic mass is 16.3. The number of benzene rings is 1. The fraction of sp³-hybridized carbons (Fsp3) is 0.571. The van der Waals surface area contributed by atoms with Gasteiger partial charge in [0.15, 0.2) is 0 Å². The van der Waals surface area contributed by atoms with Crippen molar-refractivity contribution in [1.29, 1.82) is 0 Å². The first-order valence-electron chi connectivity index (χ1n) is 6.20. The number of likely N-dealkylation sites (tertiary alicyclic amines) is 1. The Morgan fingerprint density at radius 3 is 2.62 bits per heavy atom. The van der Waals surface area contributed by atoms with E-state index in [0.29, 0.717) is 11.8 Å². The third-order valence-corrected chi connectivity index (χ3v) is 3.72. The van der Waals surface area contributed by atoms with Crippen LogP contribution in [0.4, 0.5) is 0 Å². The van der Waals surface area contributed by atoms with Crippen LogP contribution >= 0.6 is 0 Å². The predicted molar refractivity (Wildman–Crippen MR) is 66.5 cm³/mol. The molecule has 88 valence electrons. The minimum atomic E-state index is 0.370. The fourth-order valence-corrected chi connectivity index (χ4v) is 2.41. The van der Waals surface area contributed by atoms with E-state index in [-0.39, 0.29) is 0 Å². The van der Waals surface area contributed by atoms with Gasteiger partial charge in [-0.1, -0.05) is 19.1 Å². The van der Waals surface area contributed by atoms with Gasteiger partial charge in [0.05, 0.1) is 0 Å². The molecule has 1 saturated heterocycles. The number of phenolic OH excluding ortho intramolecular Hbond substituents is 1. The Bertz CT molecular complexity index is 342. The molecule has 0 saturated carbocycles. The summed E-state index contributed by atoms with van der Waals surface area (Å²) in [7, 11) is 0. The number of hydrogen-bond donors (Lipinski definition) is 1. The lowest BCUT2D eigenvalue weighted by Gasteiger charge is -2.35. The van der Waals surface area contributed by atoms with Crippen molar-refractivity contribution in [2.24, 2.45) is 5.92 Å². The summed E-state index contributed by atoms with van der Waals surface area (Å²) in [5.41, 5.74) is 1.22. The first kappa shape index (κ1) is 11.5. The molecule has 2 rings (SSSR count). The highest BCUT2D eigenvalue weighted by Crippen LogP contribution is 2.27. The Kier molecular flexibility index (Phi) is 3.49. The molecule has 1 aliphatic heterocycles. The predicted octanol–water partition coefficient (Wildman–Crippen LogP) is 3.19. The molecule has 16 heavy (non-hydrogen) atoms.